The molecule has 0 aliphatic carbocycles. The average molecular weight is 361 g/mol. The Morgan fingerprint density at radius 1 is 1.28 bits per heavy atom. The van der Waals surface area contributed by atoms with Gasteiger partial charge in [-0.05, 0) is 24.3 Å². The number of nitrogens with zero attached hydrogens (tertiary/aromatic N) is 5. The molecule has 0 aliphatic rings. The van der Waals surface area contributed by atoms with Crippen molar-refractivity contribution in [3.8, 4) is 0 Å². The van der Waals surface area contributed by atoms with E-state index in [-0.39, 0.29) is 19.1 Å². The van der Waals surface area contributed by atoms with E-state index in [1.54, 1.807) is 27.9 Å². The number of hydrogen-bond donors (Lipinski definition) is 1. The van der Waals surface area contributed by atoms with Crippen LogP contribution >= 0.6 is 11.6 Å². The van der Waals surface area contributed by atoms with E-state index < -0.39 is 0 Å². The van der Waals surface area contributed by atoms with Gasteiger partial charge in [-0.25, -0.2) is 15.0 Å². The fourth-order valence-electron chi connectivity index (χ4n) is 2.35. The molecule has 0 atom stereocenters. The number of rotatable bonds is 6. The number of carbonyl (C=O) groups is 1. The van der Waals surface area contributed by atoms with Crippen molar-refractivity contribution in [2.75, 3.05) is 30.8 Å². The van der Waals surface area contributed by atoms with Crippen molar-refractivity contribution >= 4 is 40.2 Å². The second-order valence-corrected chi connectivity index (χ2v) is 5.86. The van der Waals surface area contributed by atoms with Gasteiger partial charge in [0.15, 0.2) is 11.5 Å². The highest BCUT2D eigenvalue weighted by Crippen LogP contribution is 2.17. The standard InChI is InChI=1S/C16H17ClN6O2/c1-22(12-4-2-11(17)3-5-12)8-13(24)25-7-6-23-10-21-14-15(18)19-9-20-16(14)23/h2-5,9-10H,6-8H2,1H3,(H2,18,19,20). The lowest BCUT2D eigenvalue weighted by molar-refractivity contribution is -0.142. The SMILES string of the molecule is CN(CC(=O)OCCn1cnc2c(N)ncnc21)c1ccc(Cl)cc1. The molecule has 0 saturated carbocycles. The third-order valence-corrected chi connectivity index (χ3v) is 3.91. The minimum absolute atomic E-state index is 0.140. The maximum absolute atomic E-state index is 12.0. The summed E-state index contributed by atoms with van der Waals surface area (Å²) in [5.41, 5.74) is 7.77. The summed E-state index contributed by atoms with van der Waals surface area (Å²) >= 11 is 5.86. The van der Waals surface area contributed by atoms with E-state index in [1.165, 1.54) is 6.33 Å². The summed E-state index contributed by atoms with van der Waals surface area (Å²) in [4.78, 5) is 26.0. The Kier molecular flexibility index (Phi) is 4.99. The van der Waals surface area contributed by atoms with Gasteiger partial charge in [-0.3, -0.25) is 4.79 Å². The summed E-state index contributed by atoms with van der Waals surface area (Å²) in [5.74, 6) is 0.00125. The molecular weight excluding hydrogens is 344 g/mol. The number of carbonyl (C=O) groups excluding carboxylic acids is 1. The van der Waals surface area contributed by atoms with Crippen LogP contribution in [-0.2, 0) is 16.1 Å². The second kappa shape index (κ2) is 7.35. The molecule has 0 amide bonds. The fraction of sp³-hybridized carbons (Fsp3) is 0.250. The maximum Gasteiger partial charge on any atom is 0.325 e. The third kappa shape index (κ3) is 3.97. The number of benzene rings is 1. The molecule has 25 heavy (non-hydrogen) atoms. The van der Waals surface area contributed by atoms with Gasteiger partial charge in [0.25, 0.3) is 0 Å². The van der Waals surface area contributed by atoms with Crippen molar-refractivity contribution in [1.82, 2.24) is 19.5 Å². The normalized spacial score (nSPS) is 10.8. The molecule has 8 nitrogen and oxygen atoms in total. The lowest BCUT2D eigenvalue weighted by Gasteiger charge is -2.18. The molecule has 130 valence electrons. The van der Waals surface area contributed by atoms with Crippen molar-refractivity contribution in [3.05, 3.63) is 41.9 Å². The lowest BCUT2D eigenvalue weighted by Crippen LogP contribution is -2.27. The summed E-state index contributed by atoms with van der Waals surface area (Å²) in [6, 6.07) is 7.24. The van der Waals surface area contributed by atoms with Crippen molar-refractivity contribution in [2.24, 2.45) is 0 Å². The Balaban J connectivity index is 1.52. The molecule has 1 aromatic carbocycles. The maximum atomic E-state index is 12.0. The van der Waals surface area contributed by atoms with Crippen LogP contribution in [0.15, 0.2) is 36.9 Å². The van der Waals surface area contributed by atoms with Crippen LogP contribution in [0, 0.1) is 0 Å². The monoisotopic (exact) mass is 360 g/mol. The third-order valence-electron chi connectivity index (χ3n) is 3.66. The summed E-state index contributed by atoms with van der Waals surface area (Å²) < 4.78 is 7.05. The van der Waals surface area contributed by atoms with Crippen molar-refractivity contribution in [2.45, 2.75) is 6.54 Å². The number of ether oxygens (including phenoxy) is 1. The van der Waals surface area contributed by atoms with Crippen LogP contribution in [0.25, 0.3) is 11.2 Å². The second-order valence-electron chi connectivity index (χ2n) is 5.42. The number of nitrogens with two attached hydrogens (primary N) is 1. The molecule has 0 bridgehead atoms. The molecule has 9 heteroatoms. The van der Waals surface area contributed by atoms with E-state index >= 15 is 0 Å². The molecule has 0 aliphatic heterocycles. The number of esters is 1. The number of aromatic nitrogens is 4. The molecule has 3 rings (SSSR count). The van der Waals surface area contributed by atoms with Gasteiger partial charge in [0.2, 0.25) is 0 Å². The van der Waals surface area contributed by atoms with Crippen molar-refractivity contribution < 1.29 is 9.53 Å². The van der Waals surface area contributed by atoms with Crippen LogP contribution in [0.5, 0.6) is 0 Å². The fourth-order valence-corrected chi connectivity index (χ4v) is 2.47. The Hall–Kier alpha value is -2.87. The van der Waals surface area contributed by atoms with E-state index in [1.807, 2.05) is 19.2 Å². The molecule has 3 aromatic rings. The first-order chi connectivity index (χ1) is 12.0. The van der Waals surface area contributed by atoms with Gasteiger partial charge in [-0.2, -0.15) is 0 Å². The molecule has 2 heterocycles. The van der Waals surface area contributed by atoms with Crippen LogP contribution < -0.4 is 10.6 Å². The summed E-state index contributed by atoms with van der Waals surface area (Å²) in [6.07, 6.45) is 2.98. The van der Waals surface area contributed by atoms with Crippen LogP contribution in [0.1, 0.15) is 0 Å². The molecule has 2 N–H and O–H groups in total. The zero-order valence-corrected chi connectivity index (χ0v) is 14.3. The average Bonchev–Trinajstić information content (AvgIpc) is 3.00. The van der Waals surface area contributed by atoms with Gasteiger partial charge in [0, 0.05) is 17.8 Å². The molecule has 0 unspecified atom stereocenters. The predicted octanol–water partition coefficient (Wildman–Crippen LogP) is 1.74. The Bertz CT molecular complexity index is 880. The molecule has 0 saturated heterocycles. The molecular formula is C16H17ClN6O2. The largest absolute Gasteiger partial charge is 0.462 e. The van der Waals surface area contributed by atoms with Gasteiger partial charge in [0.1, 0.15) is 25.0 Å². The van der Waals surface area contributed by atoms with Gasteiger partial charge in [-0.1, -0.05) is 11.6 Å². The highest BCUT2D eigenvalue weighted by Gasteiger charge is 2.11. The zero-order chi connectivity index (χ0) is 17.8. The van der Waals surface area contributed by atoms with Gasteiger partial charge in [-0.15, -0.1) is 0 Å². The number of hydrogen-bond acceptors (Lipinski definition) is 7. The Morgan fingerprint density at radius 2 is 2.04 bits per heavy atom. The summed E-state index contributed by atoms with van der Waals surface area (Å²) in [5, 5.41) is 0.650. The zero-order valence-electron chi connectivity index (χ0n) is 13.6. The van der Waals surface area contributed by atoms with Gasteiger partial charge < -0.3 is 19.9 Å². The summed E-state index contributed by atoms with van der Waals surface area (Å²) in [6.45, 7) is 0.785. The number of nitrogen functional groups attached to an aromatic ring is 1. The Labute approximate surface area is 149 Å². The lowest BCUT2D eigenvalue weighted by atomic mass is 10.3. The first-order valence-electron chi connectivity index (χ1n) is 7.58. The van der Waals surface area contributed by atoms with Crippen LogP contribution in [0.2, 0.25) is 5.02 Å². The Morgan fingerprint density at radius 3 is 2.80 bits per heavy atom. The van der Waals surface area contributed by atoms with Gasteiger partial charge in [0.05, 0.1) is 12.9 Å². The van der Waals surface area contributed by atoms with E-state index in [2.05, 4.69) is 15.0 Å². The first-order valence-corrected chi connectivity index (χ1v) is 7.96. The highest BCUT2D eigenvalue weighted by atomic mass is 35.5. The number of halogens is 1. The van der Waals surface area contributed by atoms with Crippen LogP contribution in [0.3, 0.4) is 0 Å². The molecule has 0 spiro atoms. The van der Waals surface area contributed by atoms with E-state index in [0.717, 1.165) is 5.69 Å². The van der Waals surface area contributed by atoms with Crippen LogP contribution in [-0.4, -0.2) is 45.7 Å². The molecule has 2 aromatic heterocycles. The van der Waals surface area contributed by atoms with Gasteiger partial charge >= 0.3 is 5.97 Å². The predicted molar refractivity (Wildman–Crippen MR) is 95.4 cm³/mol. The highest BCUT2D eigenvalue weighted by molar-refractivity contribution is 6.30. The summed E-state index contributed by atoms with van der Waals surface area (Å²) in [7, 11) is 1.81. The minimum Gasteiger partial charge on any atom is -0.462 e. The molecule has 0 radical (unpaired) electrons. The quantitative estimate of drug-likeness (QED) is 0.668. The van der Waals surface area contributed by atoms with E-state index in [4.69, 9.17) is 22.1 Å². The number of imidazole rings is 1. The topological polar surface area (TPSA) is 99.2 Å². The van der Waals surface area contributed by atoms with E-state index in [0.29, 0.717) is 28.5 Å². The number of likely N-dealkylation sites (N-methyl/N-ethyl adjacent to an activating group) is 1. The number of anilines is 2. The van der Waals surface area contributed by atoms with Crippen molar-refractivity contribution in [1.29, 1.82) is 0 Å². The van der Waals surface area contributed by atoms with E-state index in [9.17, 15) is 4.79 Å². The molecule has 0 fully saturated rings. The van der Waals surface area contributed by atoms with Crippen molar-refractivity contribution in [3.63, 3.8) is 0 Å². The smallest absolute Gasteiger partial charge is 0.325 e. The number of fused-ring (bicyclic) bond motifs is 1. The minimum atomic E-state index is -0.323. The van der Waals surface area contributed by atoms with Crippen LogP contribution in [0.4, 0.5) is 11.5 Å². The first kappa shape index (κ1) is 17.0.